The van der Waals surface area contributed by atoms with Gasteiger partial charge in [-0.25, -0.2) is 4.98 Å². The normalized spacial score (nSPS) is 10.4. The second-order valence-corrected chi connectivity index (χ2v) is 5.05. The largest absolute Gasteiger partial charge is 0.473 e. The van der Waals surface area contributed by atoms with Crippen LogP contribution in [-0.4, -0.2) is 22.0 Å². The average Bonchev–Trinajstić information content (AvgIpc) is 2.48. The van der Waals surface area contributed by atoms with Gasteiger partial charge in [0.05, 0.1) is 6.10 Å². The molecule has 7 heteroatoms. The molecule has 1 aromatic carbocycles. The molecule has 7 nitrogen and oxygen atoms in total. The van der Waals surface area contributed by atoms with Crippen molar-refractivity contribution in [1.82, 2.24) is 15.4 Å². The van der Waals surface area contributed by atoms with Crippen molar-refractivity contribution < 1.29 is 9.53 Å². The van der Waals surface area contributed by atoms with Crippen molar-refractivity contribution >= 4 is 17.4 Å². The van der Waals surface area contributed by atoms with Gasteiger partial charge in [0, 0.05) is 5.56 Å². The Morgan fingerprint density at radius 3 is 2.55 bits per heavy atom. The van der Waals surface area contributed by atoms with E-state index in [1.165, 1.54) is 6.33 Å². The van der Waals surface area contributed by atoms with Crippen LogP contribution in [0.1, 0.15) is 29.8 Å². The zero-order valence-electron chi connectivity index (χ0n) is 12.8. The highest BCUT2D eigenvalue weighted by Crippen LogP contribution is 2.24. The molecule has 0 unspecified atom stereocenters. The molecule has 0 saturated carbocycles. The standard InChI is InChI=1S/C15H19N5O2/c1-9(2)22-15-12(16)13(17-8-18-15)19-20-14(21)11-6-4-10(3)5-7-11/h4-9H,16H2,1-3H3,(H,20,21)(H,17,18,19). The Kier molecular flexibility index (Phi) is 4.77. The number of hydrogen-bond acceptors (Lipinski definition) is 6. The molecule has 0 aliphatic heterocycles. The number of ether oxygens (including phenoxy) is 1. The molecule has 1 aromatic heterocycles. The van der Waals surface area contributed by atoms with Crippen molar-refractivity contribution in [2.24, 2.45) is 0 Å². The Balaban J connectivity index is 2.05. The maximum Gasteiger partial charge on any atom is 0.269 e. The lowest BCUT2D eigenvalue weighted by molar-refractivity contribution is 0.0962. The number of aromatic nitrogens is 2. The molecular formula is C15H19N5O2. The Morgan fingerprint density at radius 1 is 1.23 bits per heavy atom. The van der Waals surface area contributed by atoms with Gasteiger partial charge in [-0.05, 0) is 32.9 Å². The minimum absolute atomic E-state index is 0.0628. The first-order chi connectivity index (χ1) is 10.5. The van der Waals surface area contributed by atoms with Crippen LogP contribution in [0.15, 0.2) is 30.6 Å². The lowest BCUT2D eigenvalue weighted by Gasteiger charge is -2.14. The van der Waals surface area contributed by atoms with Crippen molar-refractivity contribution in [3.63, 3.8) is 0 Å². The van der Waals surface area contributed by atoms with Crippen LogP contribution in [-0.2, 0) is 0 Å². The second-order valence-electron chi connectivity index (χ2n) is 5.05. The fraction of sp³-hybridized carbons (Fsp3) is 0.267. The molecule has 0 radical (unpaired) electrons. The van der Waals surface area contributed by atoms with Crippen molar-refractivity contribution in [1.29, 1.82) is 0 Å². The van der Waals surface area contributed by atoms with Crippen molar-refractivity contribution in [3.8, 4) is 5.88 Å². The fourth-order valence-electron chi connectivity index (χ4n) is 1.69. The van der Waals surface area contributed by atoms with Crippen LogP contribution in [0.5, 0.6) is 5.88 Å². The van der Waals surface area contributed by atoms with E-state index in [0.717, 1.165) is 5.56 Å². The predicted molar refractivity (Wildman–Crippen MR) is 84.5 cm³/mol. The SMILES string of the molecule is Cc1ccc(C(=O)NNc2ncnc(OC(C)C)c2N)cc1. The fourth-order valence-corrected chi connectivity index (χ4v) is 1.69. The molecule has 4 N–H and O–H groups in total. The quantitative estimate of drug-likeness (QED) is 0.729. The highest BCUT2D eigenvalue weighted by molar-refractivity contribution is 5.95. The highest BCUT2D eigenvalue weighted by Gasteiger charge is 2.12. The van der Waals surface area contributed by atoms with E-state index in [9.17, 15) is 4.79 Å². The van der Waals surface area contributed by atoms with Crippen molar-refractivity contribution in [3.05, 3.63) is 41.7 Å². The maximum absolute atomic E-state index is 12.0. The van der Waals surface area contributed by atoms with E-state index in [-0.39, 0.29) is 29.4 Å². The number of hydrazine groups is 1. The van der Waals surface area contributed by atoms with Gasteiger partial charge in [-0.1, -0.05) is 17.7 Å². The summed E-state index contributed by atoms with van der Waals surface area (Å²) < 4.78 is 5.46. The highest BCUT2D eigenvalue weighted by atomic mass is 16.5. The predicted octanol–water partition coefficient (Wildman–Crippen LogP) is 1.91. The third kappa shape index (κ3) is 3.85. The number of rotatable bonds is 5. The van der Waals surface area contributed by atoms with Crippen LogP contribution in [0.4, 0.5) is 11.5 Å². The Bertz CT molecular complexity index is 655. The summed E-state index contributed by atoms with van der Waals surface area (Å²) in [6, 6.07) is 7.21. The summed E-state index contributed by atoms with van der Waals surface area (Å²) in [4.78, 5) is 20.0. The zero-order valence-corrected chi connectivity index (χ0v) is 12.8. The van der Waals surface area contributed by atoms with Gasteiger partial charge in [-0.3, -0.25) is 15.6 Å². The van der Waals surface area contributed by atoms with E-state index in [2.05, 4.69) is 20.8 Å². The van der Waals surface area contributed by atoms with Crippen molar-refractivity contribution in [2.45, 2.75) is 26.9 Å². The number of hydrogen-bond donors (Lipinski definition) is 3. The van der Waals surface area contributed by atoms with E-state index in [4.69, 9.17) is 10.5 Å². The lowest BCUT2D eigenvalue weighted by Crippen LogP contribution is -2.30. The van der Waals surface area contributed by atoms with Crippen LogP contribution >= 0.6 is 0 Å². The third-order valence-electron chi connectivity index (χ3n) is 2.80. The number of nitrogens with one attached hydrogen (secondary N) is 2. The first kappa shape index (κ1) is 15.6. The number of amides is 1. The number of carbonyl (C=O) groups excluding carboxylic acids is 1. The molecule has 2 rings (SSSR count). The van der Waals surface area contributed by atoms with Gasteiger partial charge in [0.25, 0.3) is 5.91 Å². The third-order valence-corrected chi connectivity index (χ3v) is 2.80. The molecule has 1 amide bonds. The van der Waals surface area contributed by atoms with Crippen LogP contribution in [0.25, 0.3) is 0 Å². The topological polar surface area (TPSA) is 102 Å². The van der Waals surface area contributed by atoms with Gasteiger partial charge in [-0.2, -0.15) is 4.98 Å². The summed E-state index contributed by atoms with van der Waals surface area (Å²) in [6.07, 6.45) is 1.25. The molecule has 2 aromatic rings. The molecule has 0 saturated heterocycles. The Labute approximate surface area is 128 Å². The van der Waals surface area contributed by atoms with Gasteiger partial charge in [0.15, 0.2) is 5.82 Å². The van der Waals surface area contributed by atoms with Crippen LogP contribution in [0.3, 0.4) is 0 Å². The Hall–Kier alpha value is -2.83. The van der Waals surface area contributed by atoms with E-state index >= 15 is 0 Å². The Morgan fingerprint density at radius 2 is 1.91 bits per heavy atom. The molecule has 1 heterocycles. The first-order valence-corrected chi connectivity index (χ1v) is 6.87. The first-order valence-electron chi connectivity index (χ1n) is 6.87. The lowest BCUT2D eigenvalue weighted by atomic mass is 10.1. The average molecular weight is 301 g/mol. The number of carbonyl (C=O) groups is 1. The molecule has 0 aliphatic carbocycles. The summed E-state index contributed by atoms with van der Waals surface area (Å²) in [7, 11) is 0. The van der Waals surface area contributed by atoms with Gasteiger partial charge in [0.1, 0.15) is 12.0 Å². The second kappa shape index (κ2) is 6.75. The molecule has 116 valence electrons. The zero-order chi connectivity index (χ0) is 16.1. The summed E-state index contributed by atoms with van der Waals surface area (Å²) in [5.41, 5.74) is 13.0. The number of aryl methyl sites for hydroxylation is 1. The van der Waals surface area contributed by atoms with Gasteiger partial charge < -0.3 is 10.5 Å². The summed E-state index contributed by atoms with van der Waals surface area (Å²) in [5.74, 6) is 0.271. The minimum atomic E-state index is -0.288. The van der Waals surface area contributed by atoms with E-state index < -0.39 is 0 Å². The van der Waals surface area contributed by atoms with Crippen LogP contribution in [0.2, 0.25) is 0 Å². The summed E-state index contributed by atoms with van der Waals surface area (Å²) >= 11 is 0. The number of nitrogens with two attached hydrogens (primary N) is 1. The summed E-state index contributed by atoms with van der Waals surface area (Å²) in [6.45, 7) is 5.69. The molecule has 0 spiro atoms. The van der Waals surface area contributed by atoms with Crippen LogP contribution in [0, 0.1) is 6.92 Å². The summed E-state index contributed by atoms with van der Waals surface area (Å²) in [5, 5.41) is 0. The van der Waals surface area contributed by atoms with E-state index in [0.29, 0.717) is 5.56 Å². The molecule has 0 atom stereocenters. The number of nitrogen functional groups attached to an aromatic ring is 1. The number of anilines is 2. The maximum atomic E-state index is 12.0. The monoisotopic (exact) mass is 301 g/mol. The van der Waals surface area contributed by atoms with Crippen molar-refractivity contribution in [2.75, 3.05) is 11.2 Å². The molecule has 0 fully saturated rings. The van der Waals surface area contributed by atoms with Gasteiger partial charge in [-0.15, -0.1) is 0 Å². The number of nitrogens with zero attached hydrogens (tertiary/aromatic N) is 2. The minimum Gasteiger partial charge on any atom is -0.473 e. The van der Waals surface area contributed by atoms with Crippen LogP contribution < -0.4 is 21.3 Å². The molecular weight excluding hydrogens is 282 g/mol. The number of benzene rings is 1. The molecule has 22 heavy (non-hydrogen) atoms. The molecule has 0 bridgehead atoms. The van der Waals surface area contributed by atoms with Gasteiger partial charge >= 0.3 is 0 Å². The van der Waals surface area contributed by atoms with Gasteiger partial charge in [0.2, 0.25) is 5.88 Å². The molecule has 0 aliphatic rings. The van der Waals surface area contributed by atoms with E-state index in [1.807, 2.05) is 32.9 Å². The van der Waals surface area contributed by atoms with E-state index in [1.54, 1.807) is 12.1 Å². The smallest absolute Gasteiger partial charge is 0.269 e.